The molecule has 33 heavy (non-hydrogen) atoms. The van der Waals surface area contributed by atoms with E-state index in [-0.39, 0.29) is 0 Å². The van der Waals surface area contributed by atoms with E-state index in [1.165, 1.54) is 72.2 Å². The second kappa shape index (κ2) is 11.3. The Bertz CT molecular complexity index is 1010. The molecule has 2 heterocycles. The summed E-state index contributed by atoms with van der Waals surface area (Å²) in [6, 6.07) is 7.12. The normalized spacial score (nSPS) is 17.0. The molecule has 0 bridgehead atoms. The number of piperidine rings is 1. The molecular formula is C30H45N3. The van der Waals surface area contributed by atoms with Crippen molar-refractivity contribution in [2.24, 2.45) is 5.92 Å². The number of nitrogens with zero attached hydrogens (tertiary/aromatic N) is 1. The fraction of sp³-hybridized carbons (Fsp3) is 0.567. The van der Waals surface area contributed by atoms with Gasteiger partial charge in [0.1, 0.15) is 0 Å². The second-order valence-corrected chi connectivity index (χ2v) is 10.6. The first-order valence-electron chi connectivity index (χ1n) is 13.1. The van der Waals surface area contributed by atoms with Crippen LogP contribution in [0.2, 0.25) is 0 Å². The van der Waals surface area contributed by atoms with E-state index in [1.54, 1.807) is 0 Å². The van der Waals surface area contributed by atoms with Crippen LogP contribution in [0.3, 0.4) is 0 Å². The molecule has 0 unspecified atom stereocenters. The van der Waals surface area contributed by atoms with Gasteiger partial charge in [-0.3, -0.25) is 0 Å². The SMILES string of the molecule is C/C=C(\C=C(\C)C(=N)CC)c1[nH]c2ccc(C3CCN(CCC(C)C)CC3)cc2c1C(C)C. The number of H-pyrrole nitrogens is 1. The summed E-state index contributed by atoms with van der Waals surface area (Å²) in [7, 11) is 0. The first kappa shape index (κ1) is 25.5. The Morgan fingerprint density at radius 1 is 1.18 bits per heavy atom. The van der Waals surface area contributed by atoms with Crippen molar-refractivity contribution in [1.29, 1.82) is 5.41 Å². The number of aromatic amines is 1. The average Bonchev–Trinajstić information content (AvgIpc) is 3.19. The van der Waals surface area contributed by atoms with Crippen molar-refractivity contribution >= 4 is 22.2 Å². The van der Waals surface area contributed by atoms with Gasteiger partial charge in [-0.05, 0) is 117 Å². The van der Waals surface area contributed by atoms with E-state index in [9.17, 15) is 0 Å². The number of likely N-dealkylation sites (tertiary alicyclic amines) is 1. The van der Waals surface area contributed by atoms with Crippen LogP contribution in [0.25, 0.3) is 16.5 Å². The first-order chi connectivity index (χ1) is 15.7. The third-order valence-corrected chi connectivity index (χ3v) is 7.32. The fourth-order valence-electron chi connectivity index (χ4n) is 5.14. The molecule has 3 nitrogen and oxygen atoms in total. The minimum Gasteiger partial charge on any atom is -0.354 e. The van der Waals surface area contributed by atoms with Crippen molar-refractivity contribution in [1.82, 2.24) is 9.88 Å². The van der Waals surface area contributed by atoms with Crippen molar-refractivity contribution in [2.75, 3.05) is 19.6 Å². The van der Waals surface area contributed by atoms with E-state index < -0.39 is 0 Å². The summed E-state index contributed by atoms with van der Waals surface area (Å²) >= 11 is 0. The smallest absolute Gasteiger partial charge is 0.0496 e. The van der Waals surface area contributed by atoms with Crippen molar-refractivity contribution in [3.05, 3.63) is 52.7 Å². The highest BCUT2D eigenvalue weighted by Gasteiger charge is 2.23. The maximum Gasteiger partial charge on any atom is 0.0496 e. The molecule has 1 aromatic heterocycles. The van der Waals surface area contributed by atoms with E-state index in [2.05, 4.69) is 81.8 Å². The fourth-order valence-corrected chi connectivity index (χ4v) is 5.14. The molecule has 0 atom stereocenters. The standard InChI is InChI=1S/C30H45N3/c1-8-23(18-22(7)27(31)9-2)30-29(21(5)6)26-19-25(10-11-28(26)32-30)24-13-16-33(17-14-24)15-12-20(3)4/h8,10-11,18-21,24,31-32H,9,12-17H2,1-7H3/b22-18-,23-8+,31-27?. The molecular weight excluding hydrogens is 402 g/mol. The lowest BCUT2D eigenvalue weighted by Crippen LogP contribution is -2.34. The highest BCUT2D eigenvalue weighted by atomic mass is 15.1. The predicted molar refractivity (Wildman–Crippen MR) is 146 cm³/mol. The van der Waals surface area contributed by atoms with Gasteiger partial charge in [-0.2, -0.15) is 0 Å². The molecule has 0 radical (unpaired) electrons. The second-order valence-electron chi connectivity index (χ2n) is 10.6. The quantitative estimate of drug-likeness (QED) is 0.294. The highest BCUT2D eigenvalue weighted by Crippen LogP contribution is 2.37. The largest absolute Gasteiger partial charge is 0.354 e. The molecule has 3 rings (SSSR count). The van der Waals surface area contributed by atoms with Crippen molar-refractivity contribution in [3.63, 3.8) is 0 Å². The lowest BCUT2D eigenvalue weighted by atomic mass is 9.87. The number of rotatable bonds is 9. The van der Waals surface area contributed by atoms with E-state index in [1.807, 2.05) is 6.92 Å². The molecule has 1 saturated heterocycles. The van der Waals surface area contributed by atoms with Crippen LogP contribution >= 0.6 is 0 Å². The maximum absolute atomic E-state index is 8.21. The van der Waals surface area contributed by atoms with Gasteiger partial charge in [0.25, 0.3) is 0 Å². The number of benzene rings is 1. The monoisotopic (exact) mass is 447 g/mol. The number of allylic oxidation sites excluding steroid dienone is 4. The summed E-state index contributed by atoms with van der Waals surface area (Å²) < 4.78 is 0. The van der Waals surface area contributed by atoms with Crippen LogP contribution in [0.5, 0.6) is 0 Å². The molecule has 2 N–H and O–H groups in total. The Morgan fingerprint density at radius 3 is 2.45 bits per heavy atom. The Balaban J connectivity index is 1.90. The molecule has 1 aliphatic heterocycles. The molecule has 2 aromatic rings. The zero-order chi connectivity index (χ0) is 24.1. The minimum absolute atomic E-state index is 0.427. The third kappa shape index (κ3) is 6.06. The molecule has 1 fully saturated rings. The van der Waals surface area contributed by atoms with Crippen LogP contribution in [0.4, 0.5) is 0 Å². The van der Waals surface area contributed by atoms with Crippen molar-refractivity contribution in [3.8, 4) is 0 Å². The number of hydrogen-bond donors (Lipinski definition) is 2. The molecule has 0 saturated carbocycles. The zero-order valence-corrected chi connectivity index (χ0v) is 22.0. The summed E-state index contributed by atoms with van der Waals surface area (Å²) in [5.74, 6) is 1.88. The van der Waals surface area contributed by atoms with Gasteiger partial charge in [-0.1, -0.05) is 46.8 Å². The molecule has 0 spiro atoms. The number of fused-ring (bicyclic) bond motifs is 1. The number of aromatic nitrogens is 1. The van der Waals surface area contributed by atoms with E-state index in [0.717, 1.165) is 17.9 Å². The summed E-state index contributed by atoms with van der Waals surface area (Å²) in [5, 5.41) is 9.58. The van der Waals surface area contributed by atoms with E-state index in [0.29, 0.717) is 17.5 Å². The Labute approximate surface area is 201 Å². The zero-order valence-electron chi connectivity index (χ0n) is 22.0. The van der Waals surface area contributed by atoms with E-state index >= 15 is 0 Å². The van der Waals surface area contributed by atoms with Crippen LogP contribution < -0.4 is 0 Å². The van der Waals surface area contributed by atoms with Gasteiger partial charge in [-0.25, -0.2) is 0 Å². The van der Waals surface area contributed by atoms with Crippen LogP contribution in [0, 0.1) is 11.3 Å². The predicted octanol–water partition coefficient (Wildman–Crippen LogP) is 8.30. The molecule has 1 aliphatic rings. The molecule has 3 heteroatoms. The number of nitrogens with one attached hydrogen (secondary N) is 2. The highest BCUT2D eigenvalue weighted by molar-refractivity contribution is 6.00. The Morgan fingerprint density at radius 2 is 1.88 bits per heavy atom. The van der Waals surface area contributed by atoms with Gasteiger partial charge in [-0.15, -0.1) is 0 Å². The van der Waals surface area contributed by atoms with Gasteiger partial charge < -0.3 is 15.3 Å². The van der Waals surface area contributed by atoms with Gasteiger partial charge in [0.05, 0.1) is 0 Å². The van der Waals surface area contributed by atoms with Crippen LogP contribution in [0.15, 0.2) is 35.9 Å². The minimum atomic E-state index is 0.427. The van der Waals surface area contributed by atoms with Crippen LogP contribution in [-0.4, -0.2) is 35.2 Å². The van der Waals surface area contributed by atoms with Crippen LogP contribution in [0.1, 0.15) is 103 Å². The summed E-state index contributed by atoms with van der Waals surface area (Å²) in [5.41, 5.74) is 8.28. The van der Waals surface area contributed by atoms with Crippen molar-refractivity contribution in [2.45, 2.75) is 86.0 Å². The molecule has 0 aliphatic carbocycles. The summed E-state index contributed by atoms with van der Waals surface area (Å²) in [4.78, 5) is 6.39. The summed E-state index contributed by atoms with van der Waals surface area (Å²) in [6.45, 7) is 19.1. The van der Waals surface area contributed by atoms with Gasteiger partial charge in [0, 0.05) is 22.3 Å². The van der Waals surface area contributed by atoms with Gasteiger partial charge in [0.15, 0.2) is 0 Å². The Hall–Kier alpha value is -2.13. The molecule has 1 aromatic carbocycles. The third-order valence-electron chi connectivity index (χ3n) is 7.32. The maximum atomic E-state index is 8.21. The van der Waals surface area contributed by atoms with Crippen molar-refractivity contribution < 1.29 is 0 Å². The average molecular weight is 448 g/mol. The molecule has 0 amide bonds. The topological polar surface area (TPSA) is 42.9 Å². The number of hydrogen-bond acceptors (Lipinski definition) is 2. The lowest BCUT2D eigenvalue weighted by molar-refractivity contribution is 0.202. The van der Waals surface area contributed by atoms with Gasteiger partial charge >= 0.3 is 0 Å². The molecule has 180 valence electrons. The lowest BCUT2D eigenvalue weighted by Gasteiger charge is -2.32. The first-order valence-corrected chi connectivity index (χ1v) is 13.1. The van der Waals surface area contributed by atoms with Gasteiger partial charge in [0.2, 0.25) is 0 Å². The summed E-state index contributed by atoms with van der Waals surface area (Å²) in [6.07, 6.45) is 8.95. The van der Waals surface area contributed by atoms with Crippen LogP contribution in [-0.2, 0) is 0 Å². The Kier molecular flexibility index (Phi) is 8.75. The van der Waals surface area contributed by atoms with E-state index in [4.69, 9.17) is 5.41 Å².